The van der Waals surface area contributed by atoms with E-state index in [0.717, 1.165) is 18.4 Å². The number of carbonyl (C=O) groups excluding carboxylic acids is 1. The summed E-state index contributed by atoms with van der Waals surface area (Å²) in [7, 11) is -3.74. The van der Waals surface area contributed by atoms with Crippen LogP contribution in [0.1, 0.15) is 31.7 Å². The molecule has 124 valence electrons. The van der Waals surface area contributed by atoms with Crippen molar-refractivity contribution in [1.29, 1.82) is 5.26 Å². The van der Waals surface area contributed by atoms with Crippen molar-refractivity contribution in [2.75, 3.05) is 6.54 Å². The molecule has 1 aromatic carbocycles. The highest BCUT2D eigenvalue weighted by atomic mass is 32.2. The number of hydrogen-bond donors (Lipinski definition) is 1. The topological polar surface area (TPSA) is 90.3 Å². The smallest absolute Gasteiger partial charge is 0.241 e. The number of nitrogens with one attached hydrogen (secondary N) is 1. The Morgan fingerprint density at radius 2 is 2.00 bits per heavy atom. The van der Waals surface area contributed by atoms with Gasteiger partial charge in [0, 0.05) is 12.6 Å². The molecule has 0 bridgehead atoms. The van der Waals surface area contributed by atoms with E-state index in [2.05, 4.69) is 4.72 Å². The van der Waals surface area contributed by atoms with Crippen molar-refractivity contribution in [2.24, 2.45) is 0 Å². The molecule has 1 amide bonds. The molecular formula is C16H21N3O3S. The summed E-state index contributed by atoms with van der Waals surface area (Å²) >= 11 is 0. The largest absolute Gasteiger partial charge is 0.337 e. The van der Waals surface area contributed by atoms with Crippen molar-refractivity contribution < 1.29 is 13.2 Å². The summed E-state index contributed by atoms with van der Waals surface area (Å²) < 4.78 is 27.1. The lowest BCUT2D eigenvalue weighted by atomic mass is 10.2. The minimum atomic E-state index is -3.74. The molecule has 1 N–H and O–H groups in total. The van der Waals surface area contributed by atoms with Crippen molar-refractivity contribution in [3.05, 3.63) is 29.8 Å². The highest BCUT2D eigenvalue weighted by Crippen LogP contribution is 2.27. The minimum absolute atomic E-state index is 0.137. The fraction of sp³-hybridized carbons (Fsp3) is 0.500. The minimum Gasteiger partial charge on any atom is -0.337 e. The lowest BCUT2D eigenvalue weighted by Gasteiger charge is -2.25. The fourth-order valence-corrected chi connectivity index (χ4v) is 3.54. The van der Waals surface area contributed by atoms with Crippen molar-refractivity contribution >= 4 is 15.9 Å². The second-order valence-corrected chi connectivity index (χ2v) is 7.54. The van der Waals surface area contributed by atoms with Gasteiger partial charge in [-0.05, 0) is 38.8 Å². The molecule has 1 atom stereocenters. The van der Waals surface area contributed by atoms with Crippen LogP contribution in [0.25, 0.3) is 0 Å². The van der Waals surface area contributed by atoms with Crippen LogP contribution in [0.3, 0.4) is 0 Å². The Labute approximate surface area is 137 Å². The number of carbonyl (C=O) groups is 1. The predicted molar refractivity (Wildman–Crippen MR) is 85.9 cm³/mol. The molecule has 1 saturated carbocycles. The molecule has 1 fully saturated rings. The van der Waals surface area contributed by atoms with Crippen LogP contribution >= 0.6 is 0 Å². The molecule has 23 heavy (non-hydrogen) atoms. The molecular weight excluding hydrogens is 314 g/mol. The molecule has 0 spiro atoms. The quantitative estimate of drug-likeness (QED) is 0.819. The summed E-state index contributed by atoms with van der Waals surface area (Å²) in [5, 5.41) is 8.70. The van der Waals surface area contributed by atoms with E-state index < -0.39 is 16.1 Å². The molecule has 1 aliphatic rings. The summed E-state index contributed by atoms with van der Waals surface area (Å²) in [4.78, 5) is 14.2. The SMILES string of the molecule is Cc1ccc(S(=O)(=O)N[C@@H](C)C(=O)N(CCC#N)C2CC2)cc1. The van der Waals surface area contributed by atoms with Crippen molar-refractivity contribution in [2.45, 2.75) is 50.1 Å². The van der Waals surface area contributed by atoms with Gasteiger partial charge in [-0.3, -0.25) is 4.79 Å². The normalized spacial score (nSPS) is 15.7. The van der Waals surface area contributed by atoms with Crippen LogP contribution in [0.5, 0.6) is 0 Å². The number of benzene rings is 1. The van der Waals surface area contributed by atoms with E-state index in [1.807, 2.05) is 13.0 Å². The highest BCUT2D eigenvalue weighted by molar-refractivity contribution is 7.89. The van der Waals surface area contributed by atoms with E-state index in [-0.39, 0.29) is 23.3 Å². The Balaban J connectivity index is 2.07. The maximum Gasteiger partial charge on any atom is 0.241 e. The van der Waals surface area contributed by atoms with Gasteiger partial charge in [0.2, 0.25) is 15.9 Å². The molecule has 0 aliphatic heterocycles. The molecule has 1 aromatic rings. The molecule has 0 unspecified atom stereocenters. The number of nitrogens with zero attached hydrogens (tertiary/aromatic N) is 2. The van der Waals surface area contributed by atoms with Gasteiger partial charge in [0.25, 0.3) is 0 Å². The Kier molecular flexibility index (Phi) is 5.39. The van der Waals surface area contributed by atoms with Gasteiger partial charge in [-0.2, -0.15) is 9.98 Å². The Morgan fingerprint density at radius 1 is 1.39 bits per heavy atom. The first kappa shape index (κ1) is 17.4. The number of hydrogen-bond acceptors (Lipinski definition) is 4. The maximum absolute atomic E-state index is 12.5. The first-order valence-corrected chi connectivity index (χ1v) is 9.10. The highest BCUT2D eigenvalue weighted by Gasteiger charge is 2.35. The summed E-state index contributed by atoms with van der Waals surface area (Å²) in [6.07, 6.45) is 2.07. The summed E-state index contributed by atoms with van der Waals surface area (Å²) in [5.74, 6) is -0.279. The summed E-state index contributed by atoms with van der Waals surface area (Å²) in [6.45, 7) is 3.76. The third-order valence-corrected chi connectivity index (χ3v) is 5.33. The number of nitriles is 1. The van der Waals surface area contributed by atoms with Crippen molar-refractivity contribution in [3.63, 3.8) is 0 Å². The molecule has 0 saturated heterocycles. The van der Waals surface area contributed by atoms with Crippen molar-refractivity contribution in [1.82, 2.24) is 9.62 Å². The number of sulfonamides is 1. The Hall–Kier alpha value is -1.91. The molecule has 7 heteroatoms. The van der Waals surface area contributed by atoms with Crippen LogP contribution in [0, 0.1) is 18.3 Å². The van der Waals surface area contributed by atoms with Crippen LogP contribution < -0.4 is 4.72 Å². The van der Waals surface area contributed by atoms with E-state index in [4.69, 9.17) is 5.26 Å². The second-order valence-electron chi connectivity index (χ2n) is 5.83. The van der Waals surface area contributed by atoms with Gasteiger partial charge < -0.3 is 4.90 Å². The predicted octanol–water partition coefficient (Wildman–Crippen LogP) is 1.57. The van der Waals surface area contributed by atoms with Gasteiger partial charge in [-0.15, -0.1) is 0 Å². The van der Waals surface area contributed by atoms with Gasteiger partial charge in [-0.25, -0.2) is 8.42 Å². The first-order valence-electron chi connectivity index (χ1n) is 7.61. The maximum atomic E-state index is 12.5. The van der Waals surface area contributed by atoms with Crippen LogP contribution in [0.2, 0.25) is 0 Å². The third-order valence-electron chi connectivity index (χ3n) is 3.77. The Morgan fingerprint density at radius 3 is 2.52 bits per heavy atom. The second kappa shape index (κ2) is 7.11. The zero-order valence-corrected chi connectivity index (χ0v) is 14.1. The molecule has 2 rings (SSSR count). The number of amides is 1. The zero-order chi connectivity index (χ0) is 17.0. The number of aryl methyl sites for hydroxylation is 1. The molecule has 0 heterocycles. The fourth-order valence-electron chi connectivity index (χ4n) is 2.35. The van der Waals surface area contributed by atoms with Crippen LogP contribution in [-0.4, -0.2) is 37.9 Å². The summed E-state index contributed by atoms with van der Waals surface area (Å²) in [6, 6.07) is 7.76. The van der Waals surface area contributed by atoms with Gasteiger partial charge in [0.05, 0.1) is 23.4 Å². The van der Waals surface area contributed by atoms with Crippen molar-refractivity contribution in [3.8, 4) is 6.07 Å². The van der Waals surface area contributed by atoms with Crippen LogP contribution in [-0.2, 0) is 14.8 Å². The van der Waals surface area contributed by atoms with E-state index in [0.29, 0.717) is 6.54 Å². The van der Waals surface area contributed by atoms with E-state index in [1.54, 1.807) is 17.0 Å². The van der Waals surface area contributed by atoms with Crippen LogP contribution in [0.15, 0.2) is 29.2 Å². The molecule has 0 aromatic heterocycles. The average Bonchev–Trinajstić information content (AvgIpc) is 3.32. The first-order chi connectivity index (χ1) is 10.8. The molecule has 1 aliphatic carbocycles. The third kappa shape index (κ3) is 4.53. The van der Waals surface area contributed by atoms with Gasteiger partial charge in [0.1, 0.15) is 0 Å². The molecule has 0 radical (unpaired) electrons. The standard InChI is InChI=1S/C16H21N3O3S/c1-12-4-8-15(9-5-12)23(21,22)18-13(2)16(20)19(11-3-10-17)14-6-7-14/h4-5,8-9,13-14,18H,3,6-7,11H2,1-2H3/t13-/m0/s1. The lowest BCUT2D eigenvalue weighted by molar-refractivity contribution is -0.133. The lowest BCUT2D eigenvalue weighted by Crippen LogP contribution is -2.48. The van der Waals surface area contributed by atoms with Gasteiger partial charge in [0.15, 0.2) is 0 Å². The molecule has 6 nitrogen and oxygen atoms in total. The zero-order valence-electron chi connectivity index (χ0n) is 13.3. The Bertz CT molecular complexity index is 703. The van der Waals surface area contributed by atoms with E-state index in [1.165, 1.54) is 19.1 Å². The van der Waals surface area contributed by atoms with E-state index in [9.17, 15) is 13.2 Å². The van der Waals surface area contributed by atoms with Gasteiger partial charge in [-0.1, -0.05) is 17.7 Å². The monoisotopic (exact) mass is 335 g/mol. The van der Waals surface area contributed by atoms with Gasteiger partial charge >= 0.3 is 0 Å². The number of rotatable bonds is 7. The average molecular weight is 335 g/mol. The van der Waals surface area contributed by atoms with E-state index >= 15 is 0 Å². The summed E-state index contributed by atoms with van der Waals surface area (Å²) in [5.41, 5.74) is 0.962. The van der Waals surface area contributed by atoms with Crippen LogP contribution in [0.4, 0.5) is 0 Å².